The van der Waals surface area contributed by atoms with E-state index in [2.05, 4.69) is 17.1 Å². The van der Waals surface area contributed by atoms with Gasteiger partial charge < -0.3 is 5.32 Å². The number of benzene rings is 1. The topological polar surface area (TPSA) is 15.3 Å². The molecular formula is C17H27FN2. The van der Waals surface area contributed by atoms with E-state index in [4.69, 9.17) is 0 Å². The van der Waals surface area contributed by atoms with Gasteiger partial charge in [0.15, 0.2) is 0 Å². The lowest BCUT2D eigenvalue weighted by Crippen LogP contribution is -2.37. The molecule has 0 radical (unpaired) electrons. The molecule has 1 heterocycles. The number of hydrogen-bond acceptors (Lipinski definition) is 2. The van der Waals surface area contributed by atoms with Crippen LogP contribution in [-0.4, -0.2) is 31.6 Å². The summed E-state index contributed by atoms with van der Waals surface area (Å²) in [5.74, 6) is 0.721. The highest BCUT2D eigenvalue weighted by Gasteiger charge is 2.24. The maximum absolute atomic E-state index is 13.0. The Morgan fingerprint density at radius 2 is 1.90 bits per heavy atom. The summed E-state index contributed by atoms with van der Waals surface area (Å²) in [6.45, 7) is 5.69. The summed E-state index contributed by atoms with van der Waals surface area (Å²) < 4.78 is 13.0. The number of likely N-dealkylation sites (tertiary alicyclic amines) is 1. The van der Waals surface area contributed by atoms with Crippen molar-refractivity contribution in [1.82, 2.24) is 10.2 Å². The summed E-state index contributed by atoms with van der Waals surface area (Å²) in [5, 5.41) is 3.24. The minimum absolute atomic E-state index is 0.144. The maximum atomic E-state index is 13.0. The van der Waals surface area contributed by atoms with Gasteiger partial charge in [0.25, 0.3) is 0 Å². The van der Waals surface area contributed by atoms with Crippen molar-refractivity contribution in [2.75, 3.05) is 26.7 Å². The molecule has 2 rings (SSSR count). The maximum Gasteiger partial charge on any atom is 0.123 e. The highest BCUT2D eigenvalue weighted by molar-refractivity contribution is 5.20. The standard InChI is InChI=1S/C17H27FN2/c1-3-17(15-4-6-16(18)7-5-15)20-12-9-14(10-13-20)8-11-19-2/h4-7,14,17,19H,3,8-13H2,1-2H3. The van der Waals surface area contributed by atoms with Crippen LogP contribution >= 0.6 is 0 Å². The molecule has 0 aromatic heterocycles. The summed E-state index contributed by atoms with van der Waals surface area (Å²) in [6, 6.07) is 7.49. The predicted molar refractivity (Wildman–Crippen MR) is 82.3 cm³/mol. The first-order chi connectivity index (χ1) is 9.74. The van der Waals surface area contributed by atoms with Gasteiger partial charge in [-0.05, 0) is 76.0 Å². The molecule has 20 heavy (non-hydrogen) atoms. The zero-order valence-electron chi connectivity index (χ0n) is 12.7. The Morgan fingerprint density at radius 3 is 2.45 bits per heavy atom. The van der Waals surface area contributed by atoms with Gasteiger partial charge in [0.2, 0.25) is 0 Å². The Kier molecular flexibility index (Phi) is 5.99. The van der Waals surface area contributed by atoms with Crippen molar-refractivity contribution in [3.63, 3.8) is 0 Å². The summed E-state index contributed by atoms with van der Waals surface area (Å²) >= 11 is 0. The summed E-state index contributed by atoms with van der Waals surface area (Å²) in [5.41, 5.74) is 1.25. The molecule has 1 aromatic carbocycles. The Bertz CT molecular complexity index is 382. The van der Waals surface area contributed by atoms with Gasteiger partial charge in [-0.2, -0.15) is 0 Å². The second-order valence-corrected chi connectivity index (χ2v) is 5.85. The lowest BCUT2D eigenvalue weighted by atomic mass is 9.91. The Morgan fingerprint density at radius 1 is 1.25 bits per heavy atom. The molecule has 1 N–H and O–H groups in total. The summed E-state index contributed by atoms with van der Waals surface area (Å²) in [7, 11) is 2.02. The first-order valence-corrected chi connectivity index (χ1v) is 7.88. The predicted octanol–water partition coefficient (Wildman–Crippen LogP) is 3.60. The van der Waals surface area contributed by atoms with Crippen molar-refractivity contribution in [1.29, 1.82) is 0 Å². The van der Waals surface area contributed by atoms with Crippen LogP contribution in [0, 0.1) is 11.7 Å². The third kappa shape index (κ3) is 4.03. The highest BCUT2D eigenvalue weighted by atomic mass is 19.1. The van der Waals surface area contributed by atoms with Crippen LogP contribution in [0.3, 0.4) is 0 Å². The average Bonchev–Trinajstić information content (AvgIpc) is 2.49. The van der Waals surface area contributed by atoms with Gasteiger partial charge >= 0.3 is 0 Å². The van der Waals surface area contributed by atoms with E-state index in [1.807, 2.05) is 19.2 Å². The fourth-order valence-corrected chi connectivity index (χ4v) is 3.29. The number of nitrogens with one attached hydrogen (secondary N) is 1. The molecule has 0 saturated carbocycles. The van der Waals surface area contributed by atoms with Gasteiger partial charge in [0.1, 0.15) is 5.82 Å². The van der Waals surface area contributed by atoms with E-state index in [1.54, 1.807) is 12.1 Å². The van der Waals surface area contributed by atoms with Crippen molar-refractivity contribution in [2.24, 2.45) is 5.92 Å². The molecule has 2 nitrogen and oxygen atoms in total. The smallest absolute Gasteiger partial charge is 0.123 e. The Hall–Kier alpha value is -0.930. The molecule has 1 aromatic rings. The largest absolute Gasteiger partial charge is 0.320 e. The molecule has 1 aliphatic rings. The molecule has 0 spiro atoms. The van der Waals surface area contributed by atoms with Crippen LogP contribution in [0.2, 0.25) is 0 Å². The van der Waals surface area contributed by atoms with Gasteiger partial charge in [0.05, 0.1) is 0 Å². The minimum Gasteiger partial charge on any atom is -0.320 e. The molecule has 1 saturated heterocycles. The molecule has 1 fully saturated rings. The number of halogens is 1. The number of piperidine rings is 1. The third-order valence-electron chi connectivity index (χ3n) is 4.53. The van der Waals surface area contributed by atoms with Crippen molar-refractivity contribution < 1.29 is 4.39 Å². The van der Waals surface area contributed by atoms with Crippen LogP contribution in [-0.2, 0) is 0 Å². The van der Waals surface area contributed by atoms with Crippen LogP contribution in [0.25, 0.3) is 0 Å². The third-order valence-corrected chi connectivity index (χ3v) is 4.53. The quantitative estimate of drug-likeness (QED) is 0.855. The number of rotatable bonds is 6. The second kappa shape index (κ2) is 7.75. The average molecular weight is 278 g/mol. The lowest BCUT2D eigenvalue weighted by Gasteiger charge is -2.37. The van der Waals surface area contributed by atoms with Gasteiger partial charge in [-0.15, -0.1) is 0 Å². The lowest BCUT2D eigenvalue weighted by molar-refractivity contribution is 0.126. The van der Waals surface area contributed by atoms with E-state index < -0.39 is 0 Å². The van der Waals surface area contributed by atoms with E-state index in [0.29, 0.717) is 6.04 Å². The number of nitrogens with zero attached hydrogens (tertiary/aromatic N) is 1. The fourth-order valence-electron chi connectivity index (χ4n) is 3.29. The van der Waals surface area contributed by atoms with E-state index >= 15 is 0 Å². The van der Waals surface area contributed by atoms with E-state index in [1.165, 1.54) is 37.9 Å². The molecule has 0 aliphatic carbocycles. The van der Waals surface area contributed by atoms with Gasteiger partial charge in [-0.1, -0.05) is 19.1 Å². The molecule has 0 bridgehead atoms. The van der Waals surface area contributed by atoms with Crippen LogP contribution in [0.1, 0.15) is 44.2 Å². The van der Waals surface area contributed by atoms with Crippen LogP contribution < -0.4 is 5.32 Å². The van der Waals surface area contributed by atoms with Crippen molar-refractivity contribution in [3.05, 3.63) is 35.6 Å². The van der Waals surface area contributed by atoms with Crippen molar-refractivity contribution in [2.45, 2.75) is 38.6 Å². The summed E-state index contributed by atoms with van der Waals surface area (Å²) in [6.07, 6.45) is 4.96. The molecule has 1 unspecified atom stereocenters. The molecule has 1 atom stereocenters. The van der Waals surface area contributed by atoms with Crippen molar-refractivity contribution in [3.8, 4) is 0 Å². The SMILES string of the molecule is CCC(c1ccc(F)cc1)N1CCC(CCNC)CC1. The first-order valence-electron chi connectivity index (χ1n) is 7.88. The van der Waals surface area contributed by atoms with E-state index in [-0.39, 0.29) is 5.82 Å². The van der Waals surface area contributed by atoms with Gasteiger partial charge in [0, 0.05) is 6.04 Å². The van der Waals surface area contributed by atoms with E-state index in [0.717, 1.165) is 18.9 Å². The monoisotopic (exact) mass is 278 g/mol. The molecule has 1 aliphatic heterocycles. The van der Waals surface area contributed by atoms with Gasteiger partial charge in [-0.3, -0.25) is 4.90 Å². The molecular weight excluding hydrogens is 251 g/mol. The molecule has 112 valence electrons. The fraction of sp³-hybridized carbons (Fsp3) is 0.647. The highest BCUT2D eigenvalue weighted by Crippen LogP contribution is 2.30. The van der Waals surface area contributed by atoms with Crippen molar-refractivity contribution >= 4 is 0 Å². The first kappa shape index (κ1) is 15.5. The normalized spacial score (nSPS) is 19.1. The minimum atomic E-state index is -0.144. The van der Waals surface area contributed by atoms with E-state index in [9.17, 15) is 4.39 Å². The van der Waals surface area contributed by atoms with Crippen LogP contribution in [0.15, 0.2) is 24.3 Å². The zero-order valence-corrected chi connectivity index (χ0v) is 12.7. The second-order valence-electron chi connectivity index (χ2n) is 5.85. The Labute approximate surface area is 122 Å². The van der Waals surface area contributed by atoms with Crippen LogP contribution in [0.5, 0.6) is 0 Å². The number of hydrogen-bond donors (Lipinski definition) is 1. The zero-order chi connectivity index (χ0) is 14.4. The Balaban J connectivity index is 1.91. The van der Waals surface area contributed by atoms with Gasteiger partial charge in [-0.25, -0.2) is 4.39 Å². The van der Waals surface area contributed by atoms with Crippen LogP contribution in [0.4, 0.5) is 4.39 Å². The summed E-state index contributed by atoms with van der Waals surface area (Å²) in [4.78, 5) is 2.57. The molecule has 3 heteroatoms. The molecule has 0 amide bonds.